The highest BCUT2D eigenvalue weighted by Crippen LogP contribution is 2.46. The Morgan fingerprint density at radius 1 is 1.26 bits per heavy atom. The van der Waals surface area contributed by atoms with E-state index in [9.17, 15) is 4.79 Å². The number of nitrogens with one attached hydrogen (secondary N) is 1. The average Bonchev–Trinajstić information content (AvgIpc) is 3.08. The number of hydrogen-bond acceptors (Lipinski definition) is 4. The van der Waals surface area contributed by atoms with E-state index in [2.05, 4.69) is 22.4 Å². The Morgan fingerprint density at radius 3 is 2.96 bits per heavy atom. The second-order valence-corrected chi connectivity index (χ2v) is 7.37. The van der Waals surface area contributed by atoms with E-state index in [1.54, 1.807) is 0 Å². The lowest BCUT2D eigenvalue weighted by molar-refractivity contribution is -0.147. The van der Waals surface area contributed by atoms with Crippen molar-refractivity contribution in [2.75, 3.05) is 19.8 Å². The second kappa shape index (κ2) is 7.80. The van der Waals surface area contributed by atoms with Crippen molar-refractivity contribution in [1.82, 2.24) is 10.2 Å². The van der Waals surface area contributed by atoms with Crippen LogP contribution in [0.3, 0.4) is 0 Å². The molecule has 130 valence electrons. The fourth-order valence-electron chi connectivity index (χ4n) is 4.22. The summed E-state index contributed by atoms with van der Waals surface area (Å²) in [7, 11) is 0. The Labute approximate surface area is 140 Å². The van der Waals surface area contributed by atoms with Gasteiger partial charge in [-0.15, -0.1) is 0 Å². The average molecular weight is 320 g/mol. The molecule has 3 unspecified atom stereocenters. The molecule has 0 spiro atoms. The monoisotopic (exact) mass is 320 g/mol. The summed E-state index contributed by atoms with van der Waals surface area (Å²) in [6.45, 7) is 4.34. The summed E-state index contributed by atoms with van der Waals surface area (Å²) in [5, 5.41) is 3.58. The molecule has 1 aliphatic carbocycles. The molecule has 0 bridgehead atoms. The zero-order valence-electron chi connectivity index (χ0n) is 14.6. The van der Waals surface area contributed by atoms with Gasteiger partial charge >= 0.3 is 5.97 Å². The van der Waals surface area contributed by atoms with Crippen LogP contribution in [-0.4, -0.2) is 42.3 Å². The van der Waals surface area contributed by atoms with Crippen molar-refractivity contribution >= 4 is 5.97 Å². The summed E-state index contributed by atoms with van der Waals surface area (Å²) >= 11 is 0. The molecule has 4 nitrogen and oxygen atoms in total. The maximum atomic E-state index is 12.5. The lowest BCUT2D eigenvalue weighted by atomic mass is 10.0. The molecule has 2 aliphatic heterocycles. The van der Waals surface area contributed by atoms with E-state index in [-0.39, 0.29) is 5.97 Å². The number of rotatable bonds is 2. The number of nitrogens with zero attached hydrogens (tertiary/aromatic N) is 1. The molecule has 0 aromatic carbocycles. The van der Waals surface area contributed by atoms with Crippen LogP contribution in [0.25, 0.3) is 0 Å². The third-order valence-electron chi connectivity index (χ3n) is 5.78. The quantitative estimate of drug-likeness (QED) is 0.626. The molecule has 4 heteroatoms. The first-order valence-corrected chi connectivity index (χ1v) is 9.59. The third-order valence-corrected chi connectivity index (χ3v) is 5.78. The molecule has 0 aromatic rings. The van der Waals surface area contributed by atoms with Gasteiger partial charge in [-0.1, -0.05) is 31.4 Å². The van der Waals surface area contributed by atoms with Crippen molar-refractivity contribution < 1.29 is 9.53 Å². The van der Waals surface area contributed by atoms with Crippen molar-refractivity contribution in [3.63, 3.8) is 0 Å². The van der Waals surface area contributed by atoms with E-state index in [0.29, 0.717) is 18.6 Å². The SMILES string of the molecule is CCOC(=O)C12CC1/C=C/CCCCCCC1CCCN1CN2. The first-order chi connectivity index (χ1) is 11.3. The molecule has 1 saturated carbocycles. The first-order valence-electron chi connectivity index (χ1n) is 9.59. The number of allylic oxidation sites excluding steroid dienone is 1. The zero-order valence-corrected chi connectivity index (χ0v) is 14.6. The van der Waals surface area contributed by atoms with Crippen molar-refractivity contribution in [3.05, 3.63) is 12.2 Å². The number of hydrogen-bond donors (Lipinski definition) is 1. The first kappa shape index (κ1) is 17.0. The van der Waals surface area contributed by atoms with Gasteiger partial charge in [-0.05, 0) is 52.0 Å². The Bertz CT molecular complexity index is 437. The maximum Gasteiger partial charge on any atom is 0.327 e. The Morgan fingerprint density at radius 2 is 2.09 bits per heavy atom. The predicted molar refractivity (Wildman–Crippen MR) is 92.0 cm³/mol. The van der Waals surface area contributed by atoms with Gasteiger partial charge in [0.05, 0.1) is 6.61 Å². The van der Waals surface area contributed by atoms with Gasteiger partial charge < -0.3 is 4.74 Å². The molecule has 1 saturated heterocycles. The van der Waals surface area contributed by atoms with Crippen molar-refractivity contribution in [2.45, 2.75) is 76.3 Å². The topological polar surface area (TPSA) is 41.6 Å². The van der Waals surface area contributed by atoms with E-state index >= 15 is 0 Å². The lowest BCUT2D eigenvalue weighted by Crippen LogP contribution is -2.49. The summed E-state index contributed by atoms with van der Waals surface area (Å²) in [5.41, 5.74) is -0.455. The van der Waals surface area contributed by atoms with Crippen LogP contribution in [0.15, 0.2) is 12.2 Å². The van der Waals surface area contributed by atoms with Crippen LogP contribution >= 0.6 is 0 Å². The molecule has 0 amide bonds. The van der Waals surface area contributed by atoms with Crippen LogP contribution in [0.5, 0.6) is 0 Å². The van der Waals surface area contributed by atoms with E-state index in [0.717, 1.165) is 26.1 Å². The molecular formula is C19H32N2O2. The molecule has 0 aromatic heterocycles. The molecule has 3 aliphatic rings. The number of esters is 1. The maximum absolute atomic E-state index is 12.5. The normalized spacial score (nSPS) is 37.3. The molecule has 23 heavy (non-hydrogen) atoms. The summed E-state index contributed by atoms with van der Waals surface area (Å²) in [6.07, 6.45) is 15.8. The standard InChI is InChI=1S/C19H32N2O2/c1-2-23-18(22)19-14-16(19)10-7-5-3-4-6-8-11-17-12-9-13-21(17)15-20-19/h7,10,16-17,20H,2-6,8-9,11-15H2,1H3/b10-7+. The highest BCUT2D eigenvalue weighted by atomic mass is 16.5. The van der Waals surface area contributed by atoms with Crippen LogP contribution in [0, 0.1) is 5.92 Å². The van der Waals surface area contributed by atoms with Crippen LogP contribution in [0.1, 0.15) is 64.7 Å². The minimum absolute atomic E-state index is 0.0579. The second-order valence-electron chi connectivity index (χ2n) is 7.37. The van der Waals surface area contributed by atoms with Gasteiger partial charge in [-0.3, -0.25) is 15.0 Å². The van der Waals surface area contributed by atoms with Crippen LogP contribution in [0.4, 0.5) is 0 Å². The van der Waals surface area contributed by atoms with Crippen LogP contribution < -0.4 is 5.32 Å². The van der Waals surface area contributed by atoms with E-state index in [1.807, 2.05) is 6.92 Å². The highest BCUT2D eigenvalue weighted by Gasteiger charge is 2.60. The Balaban J connectivity index is 1.68. The summed E-state index contributed by atoms with van der Waals surface area (Å²) in [4.78, 5) is 15.0. The van der Waals surface area contributed by atoms with Gasteiger partial charge in [0, 0.05) is 18.6 Å². The third kappa shape index (κ3) is 3.97. The molecule has 2 fully saturated rings. The van der Waals surface area contributed by atoms with E-state index in [4.69, 9.17) is 4.74 Å². The lowest BCUT2D eigenvalue weighted by Gasteiger charge is -2.27. The van der Waals surface area contributed by atoms with Crippen molar-refractivity contribution in [3.8, 4) is 0 Å². The summed E-state index contributed by atoms with van der Waals surface area (Å²) < 4.78 is 5.35. The minimum atomic E-state index is -0.455. The molecule has 0 radical (unpaired) electrons. The number of carbonyl (C=O) groups excluding carboxylic acids is 1. The molecule has 3 atom stereocenters. The van der Waals surface area contributed by atoms with Gasteiger partial charge in [-0.2, -0.15) is 0 Å². The number of ether oxygens (including phenoxy) is 1. The summed E-state index contributed by atoms with van der Waals surface area (Å²) in [6, 6.07) is 0.706. The van der Waals surface area contributed by atoms with Crippen molar-refractivity contribution in [1.29, 1.82) is 0 Å². The predicted octanol–water partition coefficient (Wildman–Crippen LogP) is 3.23. The number of carbonyl (C=O) groups is 1. The van der Waals surface area contributed by atoms with Gasteiger partial charge in [0.2, 0.25) is 0 Å². The van der Waals surface area contributed by atoms with Crippen molar-refractivity contribution in [2.24, 2.45) is 5.92 Å². The Hall–Kier alpha value is -0.870. The van der Waals surface area contributed by atoms with Crippen LogP contribution in [0.2, 0.25) is 0 Å². The molecule has 1 N–H and O–H groups in total. The molecule has 2 heterocycles. The van der Waals surface area contributed by atoms with Gasteiger partial charge in [0.1, 0.15) is 5.54 Å². The van der Waals surface area contributed by atoms with Gasteiger partial charge in [0.15, 0.2) is 0 Å². The summed E-state index contributed by atoms with van der Waals surface area (Å²) in [5.74, 6) is 0.253. The molecule has 3 rings (SSSR count). The van der Waals surface area contributed by atoms with Gasteiger partial charge in [-0.25, -0.2) is 0 Å². The van der Waals surface area contributed by atoms with Crippen LogP contribution in [-0.2, 0) is 9.53 Å². The molecular weight excluding hydrogens is 288 g/mol. The fourth-order valence-corrected chi connectivity index (χ4v) is 4.22. The van der Waals surface area contributed by atoms with Gasteiger partial charge in [0.25, 0.3) is 0 Å². The largest absolute Gasteiger partial charge is 0.465 e. The van der Waals surface area contributed by atoms with E-state index < -0.39 is 5.54 Å². The fraction of sp³-hybridized carbons (Fsp3) is 0.842. The Kier molecular flexibility index (Phi) is 5.76. The minimum Gasteiger partial charge on any atom is -0.465 e. The van der Waals surface area contributed by atoms with E-state index in [1.165, 1.54) is 44.9 Å². The smallest absolute Gasteiger partial charge is 0.327 e. The zero-order chi connectivity index (χ0) is 16.1. The highest BCUT2D eigenvalue weighted by molar-refractivity contribution is 5.85. The number of fused-ring (bicyclic) bond motifs is 2.